The number of benzene rings is 2. The van der Waals surface area contributed by atoms with Crippen LogP contribution in [0.1, 0.15) is 39.1 Å². The number of hydrogen-bond acceptors (Lipinski definition) is 5. The SMILES string of the molecule is O=C(NC[C@H](O)CN1CCc2ccccc2C1)c1cn2c(n1)COC(c1ccc(F)cc1)C2. The Balaban J connectivity index is 1.13. The molecule has 2 aromatic carbocycles. The Morgan fingerprint density at radius 1 is 1.21 bits per heavy atom. The number of aliphatic hydroxyl groups is 1. The highest BCUT2D eigenvalue weighted by molar-refractivity contribution is 5.92. The number of carbonyl (C=O) groups is 1. The van der Waals surface area contributed by atoms with Gasteiger partial charge in [0.15, 0.2) is 0 Å². The van der Waals surface area contributed by atoms with Gasteiger partial charge in [-0.3, -0.25) is 9.69 Å². The summed E-state index contributed by atoms with van der Waals surface area (Å²) < 4.78 is 20.9. The third-order valence-corrected chi connectivity index (χ3v) is 6.29. The van der Waals surface area contributed by atoms with E-state index in [1.807, 2.05) is 10.6 Å². The first-order valence-corrected chi connectivity index (χ1v) is 11.2. The lowest BCUT2D eigenvalue weighted by Crippen LogP contribution is -2.42. The standard InChI is InChI=1S/C25H27FN4O3/c26-20-7-5-18(6-8-20)23-15-30-14-22(28-24(30)16-33-23)25(32)27-11-21(31)13-29-10-9-17-3-1-2-4-19(17)12-29/h1-8,14,21,23,31H,9-13,15-16H2,(H,27,32)/t21-,23?/m0/s1. The molecule has 3 aromatic rings. The maximum atomic E-state index is 13.2. The summed E-state index contributed by atoms with van der Waals surface area (Å²) in [5.74, 6) is 0.0634. The molecule has 8 heteroatoms. The molecule has 2 aliphatic rings. The molecule has 0 spiro atoms. The van der Waals surface area contributed by atoms with Crippen molar-refractivity contribution in [2.45, 2.75) is 38.3 Å². The van der Waals surface area contributed by atoms with Crippen LogP contribution in [0.3, 0.4) is 0 Å². The quantitative estimate of drug-likeness (QED) is 0.603. The zero-order valence-electron chi connectivity index (χ0n) is 18.3. The molecule has 0 fully saturated rings. The van der Waals surface area contributed by atoms with Gasteiger partial charge in [-0.25, -0.2) is 9.37 Å². The minimum atomic E-state index is -0.664. The minimum Gasteiger partial charge on any atom is -0.390 e. The average Bonchev–Trinajstić information content (AvgIpc) is 3.26. The first-order chi connectivity index (χ1) is 16.0. The number of aromatic nitrogens is 2. The predicted molar refractivity (Wildman–Crippen MR) is 120 cm³/mol. The van der Waals surface area contributed by atoms with Gasteiger partial charge < -0.3 is 19.7 Å². The Morgan fingerprint density at radius 2 is 2.00 bits per heavy atom. The van der Waals surface area contributed by atoms with Crippen LogP contribution in [0.5, 0.6) is 0 Å². The van der Waals surface area contributed by atoms with Crippen LogP contribution in [0, 0.1) is 5.82 Å². The molecule has 5 rings (SSSR count). The molecule has 0 saturated heterocycles. The number of nitrogens with one attached hydrogen (secondary N) is 1. The maximum Gasteiger partial charge on any atom is 0.271 e. The number of fused-ring (bicyclic) bond motifs is 2. The third kappa shape index (κ3) is 4.98. The second kappa shape index (κ2) is 9.43. The average molecular weight is 451 g/mol. The molecule has 3 heterocycles. The molecule has 172 valence electrons. The van der Waals surface area contributed by atoms with Crippen LogP contribution < -0.4 is 5.32 Å². The Morgan fingerprint density at radius 3 is 2.82 bits per heavy atom. The van der Waals surface area contributed by atoms with E-state index >= 15 is 0 Å². The van der Waals surface area contributed by atoms with Crippen molar-refractivity contribution in [1.29, 1.82) is 0 Å². The summed E-state index contributed by atoms with van der Waals surface area (Å²) in [5.41, 5.74) is 3.84. The number of β-amino-alcohol motifs (C(OH)–C–C–N with tert-alkyl or cyclic N) is 1. The van der Waals surface area contributed by atoms with E-state index in [-0.39, 0.29) is 31.0 Å². The first-order valence-electron chi connectivity index (χ1n) is 11.2. The van der Waals surface area contributed by atoms with E-state index in [1.165, 1.54) is 23.3 Å². The van der Waals surface area contributed by atoms with E-state index in [0.29, 0.717) is 24.6 Å². The highest BCUT2D eigenvalue weighted by atomic mass is 19.1. The summed E-state index contributed by atoms with van der Waals surface area (Å²) in [7, 11) is 0. The number of ether oxygens (including phenoxy) is 1. The Labute approximate surface area is 191 Å². The number of aliphatic hydroxyl groups excluding tert-OH is 1. The molecule has 0 aliphatic carbocycles. The fourth-order valence-electron chi connectivity index (χ4n) is 4.50. The summed E-state index contributed by atoms with van der Waals surface area (Å²) in [5, 5.41) is 13.3. The van der Waals surface area contributed by atoms with Gasteiger partial charge in [0.25, 0.3) is 5.91 Å². The number of nitrogens with zero attached hydrogens (tertiary/aromatic N) is 3. The fourth-order valence-corrected chi connectivity index (χ4v) is 4.50. The van der Waals surface area contributed by atoms with Crippen LogP contribution >= 0.6 is 0 Å². The topological polar surface area (TPSA) is 79.6 Å². The molecule has 0 saturated carbocycles. The summed E-state index contributed by atoms with van der Waals surface area (Å²) in [6.45, 7) is 3.14. The zero-order chi connectivity index (χ0) is 22.8. The molecule has 2 aliphatic heterocycles. The summed E-state index contributed by atoms with van der Waals surface area (Å²) in [4.78, 5) is 19.2. The second-order valence-corrected chi connectivity index (χ2v) is 8.66. The van der Waals surface area contributed by atoms with Gasteiger partial charge in [0.2, 0.25) is 0 Å². The van der Waals surface area contributed by atoms with Crippen LogP contribution in [0.2, 0.25) is 0 Å². The third-order valence-electron chi connectivity index (χ3n) is 6.29. The molecule has 33 heavy (non-hydrogen) atoms. The van der Waals surface area contributed by atoms with Crippen molar-refractivity contribution < 1.29 is 19.0 Å². The predicted octanol–water partition coefficient (Wildman–Crippen LogP) is 2.44. The van der Waals surface area contributed by atoms with Crippen molar-refractivity contribution in [1.82, 2.24) is 19.8 Å². The molecule has 0 bridgehead atoms. The highest BCUT2D eigenvalue weighted by Crippen LogP contribution is 2.26. The number of halogens is 1. The van der Waals surface area contributed by atoms with Gasteiger partial charge in [0.1, 0.15) is 30.0 Å². The van der Waals surface area contributed by atoms with E-state index < -0.39 is 6.10 Å². The van der Waals surface area contributed by atoms with Crippen LogP contribution in [0.4, 0.5) is 4.39 Å². The van der Waals surface area contributed by atoms with Crippen molar-refractivity contribution in [3.8, 4) is 0 Å². The summed E-state index contributed by atoms with van der Waals surface area (Å²) in [6.07, 6.45) is 1.79. The number of carbonyl (C=O) groups excluding carboxylic acids is 1. The molecule has 0 radical (unpaired) electrons. The molecule has 7 nitrogen and oxygen atoms in total. The van der Waals surface area contributed by atoms with E-state index in [9.17, 15) is 14.3 Å². The number of amides is 1. The van der Waals surface area contributed by atoms with E-state index in [0.717, 1.165) is 25.1 Å². The van der Waals surface area contributed by atoms with Gasteiger partial charge >= 0.3 is 0 Å². The van der Waals surface area contributed by atoms with Crippen molar-refractivity contribution in [2.24, 2.45) is 0 Å². The normalized spacial score (nSPS) is 18.9. The Kier molecular flexibility index (Phi) is 6.22. The van der Waals surface area contributed by atoms with Gasteiger partial charge in [-0.1, -0.05) is 36.4 Å². The van der Waals surface area contributed by atoms with E-state index in [2.05, 4.69) is 33.4 Å². The molecular formula is C25H27FN4O3. The molecular weight excluding hydrogens is 423 g/mol. The van der Waals surface area contributed by atoms with Crippen molar-refractivity contribution in [2.75, 3.05) is 19.6 Å². The maximum absolute atomic E-state index is 13.2. The summed E-state index contributed by atoms with van der Waals surface area (Å²) in [6, 6.07) is 14.6. The molecule has 2 atom stereocenters. The molecule has 1 aromatic heterocycles. The second-order valence-electron chi connectivity index (χ2n) is 8.66. The lowest BCUT2D eigenvalue weighted by molar-refractivity contribution is 0.000453. The Hall–Kier alpha value is -3.07. The zero-order valence-corrected chi connectivity index (χ0v) is 18.3. The molecule has 2 N–H and O–H groups in total. The molecule has 1 amide bonds. The van der Waals surface area contributed by atoms with Gasteiger partial charge in [-0.05, 0) is 35.2 Å². The van der Waals surface area contributed by atoms with E-state index in [4.69, 9.17) is 4.74 Å². The number of hydrogen-bond donors (Lipinski definition) is 2. The lowest BCUT2D eigenvalue weighted by atomic mass is 10.00. The van der Waals surface area contributed by atoms with Crippen molar-refractivity contribution in [3.05, 3.63) is 88.8 Å². The number of imidazole rings is 1. The van der Waals surface area contributed by atoms with Crippen LogP contribution in [0.25, 0.3) is 0 Å². The van der Waals surface area contributed by atoms with Crippen LogP contribution in [0.15, 0.2) is 54.7 Å². The van der Waals surface area contributed by atoms with Gasteiger partial charge in [0, 0.05) is 32.4 Å². The fraction of sp³-hybridized carbons (Fsp3) is 0.360. The highest BCUT2D eigenvalue weighted by Gasteiger charge is 2.25. The van der Waals surface area contributed by atoms with Crippen LogP contribution in [-0.2, 0) is 30.9 Å². The smallest absolute Gasteiger partial charge is 0.271 e. The Bertz CT molecular complexity index is 1130. The lowest BCUT2D eigenvalue weighted by Gasteiger charge is -2.30. The molecule has 1 unspecified atom stereocenters. The summed E-state index contributed by atoms with van der Waals surface area (Å²) >= 11 is 0. The minimum absolute atomic E-state index is 0.161. The first kappa shape index (κ1) is 21.8. The van der Waals surface area contributed by atoms with Crippen molar-refractivity contribution >= 4 is 5.91 Å². The van der Waals surface area contributed by atoms with Gasteiger partial charge in [-0.15, -0.1) is 0 Å². The van der Waals surface area contributed by atoms with E-state index in [1.54, 1.807) is 18.3 Å². The van der Waals surface area contributed by atoms with Crippen molar-refractivity contribution in [3.63, 3.8) is 0 Å². The van der Waals surface area contributed by atoms with Gasteiger partial charge in [-0.2, -0.15) is 0 Å². The van der Waals surface area contributed by atoms with Crippen LogP contribution in [-0.4, -0.2) is 51.2 Å². The largest absolute Gasteiger partial charge is 0.390 e. The monoisotopic (exact) mass is 450 g/mol. The van der Waals surface area contributed by atoms with Gasteiger partial charge in [0.05, 0.1) is 12.6 Å². The number of rotatable bonds is 6.